The van der Waals surface area contributed by atoms with Crippen molar-refractivity contribution in [1.29, 1.82) is 0 Å². The van der Waals surface area contributed by atoms with E-state index in [0.717, 1.165) is 15.8 Å². The predicted molar refractivity (Wildman–Crippen MR) is 110 cm³/mol. The number of ether oxygens (including phenoxy) is 1. The average Bonchev–Trinajstić information content (AvgIpc) is 2.91. The smallest absolute Gasteiger partial charge is 0.408 e. The van der Waals surface area contributed by atoms with Gasteiger partial charge in [-0.1, -0.05) is 29.8 Å². The number of benzene rings is 1. The molecule has 0 bridgehead atoms. The number of hydrogen-bond donors (Lipinski definition) is 3. The second kappa shape index (κ2) is 8.73. The maximum absolute atomic E-state index is 12.7. The van der Waals surface area contributed by atoms with E-state index in [1.807, 2.05) is 24.3 Å². The Bertz CT molecular complexity index is 918. The van der Waals surface area contributed by atoms with Crippen molar-refractivity contribution in [3.8, 4) is 0 Å². The zero-order chi connectivity index (χ0) is 21.9. The average molecular weight is 424 g/mol. The number of carboxylic acids is 1. The van der Waals surface area contributed by atoms with E-state index in [-0.39, 0.29) is 6.42 Å². The molecule has 0 aliphatic heterocycles. The topological polar surface area (TPSA) is 112 Å². The molecule has 29 heavy (non-hydrogen) atoms. The van der Waals surface area contributed by atoms with Gasteiger partial charge in [-0.15, -0.1) is 0 Å². The molecule has 2 amide bonds. The molecule has 2 rings (SSSR count). The van der Waals surface area contributed by atoms with Crippen LogP contribution in [0.15, 0.2) is 24.3 Å². The van der Waals surface area contributed by atoms with Gasteiger partial charge in [0.15, 0.2) is 0 Å². The van der Waals surface area contributed by atoms with Gasteiger partial charge in [0, 0.05) is 24.4 Å². The molecule has 1 heterocycles. The summed E-state index contributed by atoms with van der Waals surface area (Å²) < 4.78 is 5.14. The van der Waals surface area contributed by atoms with Crippen LogP contribution in [0.1, 0.15) is 33.3 Å². The van der Waals surface area contributed by atoms with Crippen LogP contribution in [0.25, 0.3) is 10.9 Å². The molecular formula is C20H26ClN3O5. The number of halogens is 1. The van der Waals surface area contributed by atoms with E-state index in [4.69, 9.17) is 16.3 Å². The molecule has 2 unspecified atom stereocenters. The van der Waals surface area contributed by atoms with E-state index in [1.165, 1.54) is 14.0 Å². The predicted octanol–water partition coefficient (Wildman–Crippen LogP) is 3.19. The Morgan fingerprint density at radius 3 is 2.48 bits per heavy atom. The lowest BCUT2D eigenvalue weighted by Gasteiger charge is -2.28. The molecular weight excluding hydrogens is 398 g/mol. The largest absolute Gasteiger partial charge is 0.480 e. The van der Waals surface area contributed by atoms with Crippen LogP contribution in [0.4, 0.5) is 4.79 Å². The van der Waals surface area contributed by atoms with Crippen molar-refractivity contribution >= 4 is 40.5 Å². The number of nitrogens with zero attached hydrogens (tertiary/aromatic N) is 1. The number of aromatic amines is 1. The lowest BCUT2D eigenvalue weighted by molar-refractivity contribution is -0.149. The zero-order valence-corrected chi connectivity index (χ0v) is 17.8. The second-order valence-corrected chi connectivity index (χ2v) is 8.22. The van der Waals surface area contributed by atoms with Crippen molar-refractivity contribution in [2.75, 3.05) is 7.05 Å². The minimum absolute atomic E-state index is 0.0135. The highest BCUT2D eigenvalue weighted by Crippen LogP contribution is 2.28. The molecule has 0 saturated carbocycles. The fourth-order valence-electron chi connectivity index (χ4n) is 2.96. The number of amides is 2. The number of aromatic nitrogens is 1. The van der Waals surface area contributed by atoms with Crippen LogP contribution in [-0.2, 0) is 20.7 Å². The van der Waals surface area contributed by atoms with Crippen LogP contribution < -0.4 is 5.32 Å². The normalized spacial score (nSPS) is 13.6. The number of rotatable bonds is 6. The van der Waals surface area contributed by atoms with Gasteiger partial charge in [-0.25, -0.2) is 9.59 Å². The fourth-order valence-corrected chi connectivity index (χ4v) is 3.24. The van der Waals surface area contributed by atoms with Gasteiger partial charge in [-0.05, 0) is 39.3 Å². The van der Waals surface area contributed by atoms with E-state index in [2.05, 4.69) is 10.3 Å². The number of carboxylic acid groups (broad SMARTS) is 1. The van der Waals surface area contributed by atoms with Gasteiger partial charge < -0.3 is 25.0 Å². The van der Waals surface area contributed by atoms with Crippen LogP contribution >= 0.6 is 11.6 Å². The monoisotopic (exact) mass is 423 g/mol. The Morgan fingerprint density at radius 1 is 1.28 bits per heavy atom. The molecule has 0 aliphatic carbocycles. The summed E-state index contributed by atoms with van der Waals surface area (Å²) in [5.41, 5.74) is 0.682. The van der Waals surface area contributed by atoms with Crippen molar-refractivity contribution in [3.63, 3.8) is 0 Å². The highest BCUT2D eigenvalue weighted by Gasteiger charge is 2.32. The summed E-state index contributed by atoms with van der Waals surface area (Å²) in [6.07, 6.45) is -0.738. The number of para-hydroxylation sites is 1. The summed E-state index contributed by atoms with van der Waals surface area (Å²) in [7, 11) is 1.39. The maximum Gasteiger partial charge on any atom is 0.408 e. The third-order valence-electron chi connectivity index (χ3n) is 4.36. The Balaban J connectivity index is 2.17. The molecule has 3 N–H and O–H groups in total. The zero-order valence-electron chi connectivity index (χ0n) is 17.1. The number of nitrogens with one attached hydrogen (secondary N) is 2. The maximum atomic E-state index is 12.7. The third kappa shape index (κ3) is 5.63. The molecule has 0 spiro atoms. The molecule has 1 aromatic carbocycles. The van der Waals surface area contributed by atoms with Gasteiger partial charge in [0.25, 0.3) is 0 Å². The number of alkyl carbamates (subject to hydrolysis) is 1. The SMILES string of the molecule is CC(NC(=O)OC(C)(C)C)C(=O)N(C)C(Cc1c(Cl)[nH]c2ccccc12)C(=O)O. The first-order valence-electron chi connectivity index (χ1n) is 9.14. The molecule has 0 saturated heterocycles. The summed E-state index contributed by atoms with van der Waals surface area (Å²) in [6, 6.07) is 5.21. The van der Waals surface area contributed by atoms with Crippen molar-refractivity contribution in [2.45, 2.75) is 51.8 Å². The van der Waals surface area contributed by atoms with Crippen molar-refractivity contribution < 1.29 is 24.2 Å². The van der Waals surface area contributed by atoms with Gasteiger partial charge in [0.1, 0.15) is 22.8 Å². The Labute approximate surface area is 174 Å². The Morgan fingerprint density at radius 2 is 1.90 bits per heavy atom. The summed E-state index contributed by atoms with van der Waals surface area (Å²) in [5, 5.41) is 13.3. The molecule has 0 aliphatic rings. The first-order chi connectivity index (χ1) is 13.4. The van der Waals surface area contributed by atoms with Crippen LogP contribution in [0, 0.1) is 0 Å². The van der Waals surface area contributed by atoms with E-state index < -0.39 is 35.7 Å². The Hall–Kier alpha value is -2.74. The van der Waals surface area contributed by atoms with E-state index >= 15 is 0 Å². The highest BCUT2D eigenvalue weighted by atomic mass is 35.5. The fraction of sp³-hybridized carbons (Fsp3) is 0.450. The third-order valence-corrected chi connectivity index (χ3v) is 4.69. The number of hydrogen-bond acceptors (Lipinski definition) is 4. The number of likely N-dealkylation sites (N-methyl/N-ethyl adjacent to an activating group) is 1. The molecule has 1 aromatic heterocycles. The van der Waals surface area contributed by atoms with Crippen LogP contribution in [0.3, 0.4) is 0 Å². The lowest BCUT2D eigenvalue weighted by Crippen LogP contribution is -2.52. The van der Waals surface area contributed by atoms with Crippen LogP contribution in [0.5, 0.6) is 0 Å². The number of H-pyrrole nitrogens is 1. The minimum Gasteiger partial charge on any atom is -0.480 e. The summed E-state index contributed by atoms with van der Waals surface area (Å²) in [6.45, 7) is 6.59. The molecule has 9 heteroatoms. The standard InChI is InChI=1S/C20H26ClN3O5/c1-11(22-19(28)29-20(2,3)4)17(25)24(5)15(18(26)27)10-13-12-8-6-7-9-14(12)23-16(13)21/h6-9,11,15,23H,10H2,1-5H3,(H,22,28)(H,26,27). The second-order valence-electron chi connectivity index (χ2n) is 7.84. The van der Waals surface area contributed by atoms with Crippen molar-refractivity contribution in [1.82, 2.24) is 15.2 Å². The van der Waals surface area contributed by atoms with Gasteiger partial charge in [0.2, 0.25) is 5.91 Å². The number of aliphatic carboxylic acids is 1. The molecule has 0 fully saturated rings. The molecule has 158 valence electrons. The minimum atomic E-state index is -1.17. The summed E-state index contributed by atoms with van der Waals surface area (Å²) in [4.78, 5) is 40.6. The first-order valence-corrected chi connectivity index (χ1v) is 9.52. The highest BCUT2D eigenvalue weighted by molar-refractivity contribution is 6.31. The van der Waals surface area contributed by atoms with Gasteiger partial charge in [0.05, 0.1) is 0 Å². The molecule has 2 aromatic rings. The van der Waals surface area contributed by atoms with Crippen LogP contribution in [-0.4, -0.2) is 57.7 Å². The molecule has 2 atom stereocenters. The summed E-state index contributed by atoms with van der Waals surface area (Å²) >= 11 is 6.27. The number of fused-ring (bicyclic) bond motifs is 1. The molecule has 8 nitrogen and oxygen atoms in total. The van der Waals surface area contributed by atoms with Crippen molar-refractivity contribution in [2.24, 2.45) is 0 Å². The first kappa shape index (κ1) is 22.5. The number of carbonyl (C=O) groups is 3. The van der Waals surface area contributed by atoms with Crippen molar-refractivity contribution in [3.05, 3.63) is 35.0 Å². The van der Waals surface area contributed by atoms with E-state index in [9.17, 15) is 19.5 Å². The van der Waals surface area contributed by atoms with Gasteiger partial charge in [-0.3, -0.25) is 4.79 Å². The van der Waals surface area contributed by atoms with Gasteiger partial charge >= 0.3 is 12.1 Å². The van der Waals surface area contributed by atoms with Crippen LogP contribution in [0.2, 0.25) is 5.15 Å². The quantitative estimate of drug-likeness (QED) is 0.660. The van der Waals surface area contributed by atoms with E-state index in [0.29, 0.717) is 10.7 Å². The Kier molecular flexibility index (Phi) is 6.79. The van der Waals surface area contributed by atoms with Gasteiger partial charge in [-0.2, -0.15) is 0 Å². The van der Waals surface area contributed by atoms with E-state index in [1.54, 1.807) is 20.8 Å². The summed E-state index contributed by atoms with van der Waals surface area (Å²) in [5.74, 6) is -1.73. The molecule has 0 radical (unpaired) electrons. The lowest BCUT2D eigenvalue weighted by atomic mass is 10.0. The number of carbonyl (C=O) groups excluding carboxylic acids is 2.